The fourth-order valence-electron chi connectivity index (χ4n) is 1.94. The Morgan fingerprint density at radius 2 is 2.00 bits per heavy atom. The van der Waals surface area contributed by atoms with Gasteiger partial charge in [0.15, 0.2) is 0 Å². The van der Waals surface area contributed by atoms with Gasteiger partial charge in [-0.15, -0.1) is 0 Å². The lowest BCUT2D eigenvalue weighted by Gasteiger charge is -2.19. The summed E-state index contributed by atoms with van der Waals surface area (Å²) in [5.74, 6) is -0.722. The molecule has 2 N–H and O–H groups in total. The summed E-state index contributed by atoms with van der Waals surface area (Å²) in [5.41, 5.74) is -0.121. The van der Waals surface area contributed by atoms with E-state index in [-0.39, 0.29) is 23.3 Å². The number of carbonyl (C=O) groups is 1. The highest BCUT2D eigenvalue weighted by Gasteiger charge is 2.32. The number of carbonyl (C=O) groups excluding carboxylic acids is 1. The summed E-state index contributed by atoms with van der Waals surface area (Å²) < 4.78 is 42.5. The van der Waals surface area contributed by atoms with Crippen LogP contribution in [0.25, 0.3) is 0 Å². The van der Waals surface area contributed by atoms with Crippen LogP contribution >= 0.6 is 15.9 Å². The predicted molar refractivity (Wildman–Crippen MR) is 78.0 cm³/mol. The van der Waals surface area contributed by atoms with Gasteiger partial charge in [0.25, 0.3) is 10.1 Å². The van der Waals surface area contributed by atoms with Crippen LogP contribution in [0.2, 0.25) is 0 Å². The summed E-state index contributed by atoms with van der Waals surface area (Å²) in [5, 5.41) is 7.54. The van der Waals surface area contributed by atoms with Gasteiger partial charge in [0.2, 0.25) is 0 Å². The molecule has 7 nitrogen and oxygen atoms in total. The highest BCUT2D eigenvalue weighted by atomic mass is 79.9. The summed E-state index contributed by atoms with van der Waals surface area (Å²) in [6, 6.07) is 2.84. The standard InChI is InChI=1S/C12H15BrO7S/c1-19-11-8(13)4-3-7(10(11)12(15)20-2)9(5-6-14)21(16,17)18/h3-4,9,14H,5-6H2,1-2H3,(H,16,17,18). The molecule has 1 unspecified atom stereocenters. The van der Waals surface area contributed by atoms with Crippen LogP contribution in [-0.2, 0) is 14.9 Å². The maximum Gasteiger partial charge on any atom is 0.342 e. The van der Waals surface area contributed by atoms with E-state index in [9.17, 15) is 17.8 Å². The molecule has 0 heterocycles. The third kappa shape index (κ3) is 3.94. The Bertz CT molecular complexity index is 627. The summed E-state index contributed by atoms with van der Waals surface area (Å²) in [6.07, 6.45) is -0.270. The van der Waals surface area contributed by atoms with Crippen LogP contribution < -0.4 is 4.74 Å². The number of halogens is 1. The number of esters is 1. The molecule has 118 valence electrons. The molecule has 0 aliphatic rings. The van der Waals surface area contributed by atoms with Crippen molar-refractivity contribution in [1.82, 2.24) is 0 Å². The van der Waals surface area contributed by atoms with Gasteiger partial charge in [-0.2, -0.15) is 8.42 Å². The van der Waals surface area contributed by atoms with E-state index in [1.54, 1.807) is 0 Å². The third-order valence-electron chi connectivity index (χ3n) is 2.83. The van der Waals surface area contributed by atoms with Crippen LogP contribution in [0.5, 0.6) is 5.75 Å². The first-order valence-corrected chi connectivity index (χ1v) is 8.09. The number of methoxy groups -OCH3 is 2. The van der Waals surface area contributed by atoms with Crippen molar-refractivity contribution in [1.29, 1.82) is 0 Å². The summed E-state index contributed by atoms with van der Waals surface area (Å²) in [7, 11) is -2.07. The summed E-state index contributed by atoms with van der Waals surface area (Å²) >= 11 is 3.18. The molecule has 1 aromatic carbocycles. The van der Waals surface area contributed by atoms with E-state index >= 15 is 0 Å². The Labute approximate surface area is 130 Å². The lowest BCUT2D eigenvalue weighted by Crippen LogP contribution is -2.19. The van der Waals surface area contributed by atoms with Crippen molar-refractivity contribution in [3.63, 3.8) is 0 Å². The molecule has 9 heteroatoms. The zero-order valence-electron chi connectivity index (χ0n) is 11.4. The summed E-state index contributed by atoms with van der Waals surface area (Å²) in [4.78, 5) is 11.9. The number of aliphatic hydroxyl groups excluding tert-OH is 1. The van der Waals surface area contributed by atoms with Crippen molar-refractivity contribution in [3.05, 3.63) is 27.7 Å². The van der Waals surface area contributed by atoms with Gasteiger partial charge in [-0.1, -0.05) is 6.07 Å². The van der Waals surface area contributed by atoms with E-state index in [1.165, 1.54) is 19.2 Å². The molecule has 1 atom stereocenters. The molecule has 0 spiro atoms. The molecule has 0 saturated heterocycles. The monoisotopic (exact) mass is 382 g/mol. The average Bonchev–Trinajstić information content (AvgIpc) is 2.42. The SMILES string of the molecule is COC(=O)c1c(C(CCO)S(=O)(=O)O)ccc(Br)c1OC. The van der Waals surface area contributed by atoms with Crippen LogP contribution in [0, 0.1) is 0 Å². The van der Waals surface area contributed by atoms with Crippen molar-refractivity contribution in [2.45, 2.75) is 11.7 Å². The minimum Gasteiger partial charge on any atom is -0.495 e. The molecule has 0 aliphatic heterocycles. The lowest BCUT2D eigenvalue weighted by molar-refractivity contribution is 0.0595. The molecular formula is C12H15BrO7S. The molecule has 0 aliphatic carbocycles. The number of rotatable bonds is 6. The first kappa shape index (κ1) is 17.9. The summed E-state index contributed by atoms with van der Waals surface area (Å²) in [6.45, 7) is -0.483. The Morgan fingerprint density at radius 3 is 2.43 bits per heavy atom. The highest BCUT2D eigenvalue weighted by molar-refractivity contribution is 9.10. The predicted octanol–water partition coefficient (Wildman–Crippen LogP) is 1.56. The quantitative estimate of drug-likeness (QED) is 0.567. The number of hydrogen-bond acceptors (Lipinski definition) is 6. The van der Waals surface area contributed by atoms with Crippen molar-refractivity contribution >= 4 is 32.0 Å². The number of hydrogen-bond donors (Lipinski definition) is 2. The molecule has 0 fully saturated rings. The third-order valence-corrected chi connectivity index (χ3v) is 4.67. The van der Waals surface area contributed by atoms with Crippen LogP contribution in [0.3, 0.4) is 0 Å². The first-order chi connectivity index (χ1) is 9.77. The fraction of sp³-hybridized carbons (Fsp3) is 0.417. The Morgan fingerprint density at radius 1 is 1.38 bits per heavy atom. The second-order valence-corrected chi connectivity index (χ2v) is 6.51. The van der Waals surface area contributed by atoms with Crippen molar-refractivity contribution in [3.8, 4) is 5.75 Å². The van der Waals surface area contributed by atoms with E-state index in [1.807, 2.05) is 0 Å². The molecule has 0 radical (unpaired) electrons. The number of ether oxygens (including phenoxy) is 2. The van der Waals surface area contributed by atoms with Gasteiger partial charge < -0.3 is 14.6 Å². The van der Waals surface area contributed by atoms with Gasteiger partial charge in [0, 0.05) is 6.61 Å². The topological polar surface area (TPSA) is 110 Å². The maximum absolute atomic E-state index is 11.9. The molecule has 0 aromatic heterocycles. The molecule has 1 rings (SSSR count). The minimum atomic E-state index is -4.52. The van der Waals surface area contributed by atoms with Gasteiger partial charge in [0.05, 0.1) is 18.7 Å². The van der Waals surface area contributed by atoms with Crippen LogP contribution in [0.4, 0.5) is 0 Å². The molecule has 0 saturated carbocycles. The molecule has 0 bridgehead atoms. The average molecular weight is 383 g/mol. The largest absolute Gasteiger partial charge is 0.495 e. The molecule has 21 heavy (non-hydrogen) atoms. The van der Waals surface area contributed by atoms with E-state index in [4.69, 9.17) is 9.84 Å². The second-order valence-electron chi connectivity index (χ2n) is 4.05. The Hall–Kier alpha value is -1.16. The van der Waals surface area contributed by atoms with Gasteiger partial charge in [0.1, 0.15) is 16.6 Å². The molecule has 0 amide bonds. The van der Waals surface area contributed by atoms with E-state index in [2.05, 4.69) is 20.7 Å². The first-order valence-electron chi connectivity index (χ1n) is 5.79. The van der Waals surface area contributed by atoms with E-state index in [0.717, 1.165) is 7.11 Å². The smallest absolute Gasteiger partial charge is 0.342 e. The second kappa shape index (κ2) is 7.21. The minimum absolute atomic E-state index is 0.00144. The van der Waals surface area contributed by atoms with Crippen molar-refractivity contribution in [2.24, 2.45) is 0 Å². The van der Waals surface area contributed by atoms with E-state index < -0.39 is 27.9 Å². The van der Waals surface area contributed by atoms with Crippen LogP contribution in [0.1, 0.15) is 27.6 Å². The van der Waals surface area contributed by atoms with Gasteiger partial charge in [-0.3, -0.25) is 4.55 Å². The van der Waals surface area contributed by atoms with Crippen molar-refractivity contribution < 1.29 is 32.3 Å². The van der Waals surface area contributed by atoms with Gasteiger partial charge in [-0.25, -0.2) is 4.79 Å². The van der Waals surface area contributed by atoms with Crippen LogP contribution in [0.15, 0.2) is 16.6 Å². The van der Waals surface area contributed by atoms with Gasteiger partial charge in [-0.05, 0) is 34.0 Å². The van der Waals surface area contributed by atoms with E-state index in [0.29, 0.717) is 4.47 Å². The zero-order valence-corrected chi connectivity index (χ0v) is 13.8. The number of benzene rings is 1. The molecular weight excluding hydrogens is 368 g/mol. The Balaban J connectivity index is 3.64. The Kier molecular flexibility index (Phi) is 6.14. The fourth-order valence-corrected chi connectivity index (χ4v) is 3.35. The van der Waals surface area contributed by atoms with Crippen molar-refractivity contribution in [2.75, 3.05) is 20.8 Å². The maximum atomic E-state index is 11.9. The normalized spacial score (nSPS) is 12.8. The zero-order chi connectivity index (χ0) is 16.2. The highest BCUT2D eigenvalue weighted by Crippen LogP contribution is 2.38. The number of aliphatic hydroxyl groups is 1. The molecule has 1 aromatic rings. The lowest BCUT2D eigenvalue weighted by atomic mass is 10.0. The van der Waals surface area contributed by atoms with Crippen LogP contribution in [-0.4, -0.2) is 44.9 Å². The van der Waals surface area contributed by atoms with Gasteiger partial charge >= 0.3 is 5.97 Å².